The van der Waals surface area contributed by atoms with Gasteiger partial charge in [0.1, 0.15) is 4.90 Å². The Kier molecular flexibility index (Phi) is 6.25. The number of hydrogen-bond acceptors (Lipinski definition) is 5. The van der Waals surface area contributed by atoms with Gasteiger partial charge in [-0.3, -0.25) is 4.99 Å². The van der Waals surface area contributed by atoms with E-state index in [-0.39, 0.29) is 21.4 Å². The standard InChI is InChI=1S/C22H20ClNO4S/c1-15-8-10-18(11-9-15)29(25,26)28-22-19(23)12-17(13-21(22)27-3)14-24-20-7-5-4-6-16(20)2/h4-14H,1-3H3. The second kappa shape index (κ2) is 8.68. The molecule has 0 saturated carbocycles. The molecular formula is C22H20ClNO4S. The molecule has 3 aromatic rings. The van der Waals surface area contributed by atoms with Crippen molar-refractivity contribution < 1.29 is 17.3 Å². The van der Waals surface area contributed by atoms with Crippen molar-refractivity contribution in [1.29, 1.82) is 0 Å². The lowest BCUT2D eigenvalue weighted by molar-refractivity contribution is 0.390. The van der Waals surface area contributed by atoms with Crippen LogP contribution >= 0.6 is 11.6 Å². The van der Waals surface area contributed by atoms with Crippen molar-refractivity contribution >= 4 is 33.6 Å². The summed E-state index contributed by atoms with van der Waals surface area (Å²) in [5.41, 5.74) is 3.45. The number of halogens is 1. The number of aryl methyl sites for hydroxylation is 2. The van der Waals surface area contributed by atoms with Gasteiger partial charge in [-0.05, 0) is 55.3 Å². The van der Waals surface area contributed by atoms with Crippen LogP contribution in [0.2, 0.25) is 5.02 Å². The quantitative estimate of drug-likeness (QED) is 0.384. The number of ether oxygens (including phenoxy) is 1. The molecule has 0 spiro atoms. The number of methoxy groups -OCH3 is 1. The fourth-order valence-corrected chi connectivity index (χ4v) is 3.87. The molecule has 0 fully saturated rings. The molecule has 5 nitrogen and oxygen atoms in total. The molecule has 0 amide bonds. The Morgan fingerprint density at radius 3 is 2.34 bits per heavy atom. The van der Waals surface area contributed by atoms with Gasteiger partial charge in [0.15, 0.2) is 5.75 Å². The Hall–Kier alpha value is -2.83. The van der Waals surface area contributed by atoms with Crippen molar-refractivity contribution in [2.75, 3.05) is 7.11 Å². The van der Waals surface area contributed by atoms with E-state index in [2.05, 4.69) is 4.99 Å². The van der Waals surface area contributed by atoms with Gasteiger partial charge in [0, 0.05) is 6.21 Å². The number of rotatable bonds is 6. The van der Waals surface area contributed by atoms with Crippen molar-refractivity contribution in [3.63, 3.8) is 0 Å². The molecule has 0 bridgehead atoms. The zero-order valence-corrected chi connectivity index (χ0v) is 17.8. The summed E-state index contributed by atoms with van der Waals surface area (Å²) in [5.74, 6) is 0.127. The predicted molar refractivity (Wildman–Crippen MR) is 115 cm³/mol. The lowest BCUT2D eigenvalue weighted by Gasteiger charge is -2.13. The van der Waals surface area contributed by atoms with Gasteiger partial charge in [-0.15, -0.1) is 0 Å². The third kappa shape index (κ3) is 4.96. The largest absolute Gasteiger partial charge is 0.493 e. The summed E-state index contributed by atoms with van der Waals surface area (Å²) >= 11 is 6.31. The first-order valence-electron chi connectivity index (χ1n) is 8.78. The molecule has 0 saturated heterocycles. The summed E-state index contributed by atoms with van der Waals surface area (Å²) in [5, 5.41) is 0.103. The first-order chi connectivity index (χ1) is 13.8. The summed E-state index contributed by atoms with van der Waals surface area (Å²) in [6.45, 7) is 3.83. The van der Waals surface area contributed by atoms with Gasteiger partial charge >= 0.3 is 10.1 Å². The molecule has 0 aliphatic carbocycles. The van der Waals surface area contributed by atoms with Crippen LogP contribution in [0.4, 0.5) is 5.69 Å². The zero-order chi connectivity index (χ0) is 21.0. The minimum atomic E-state index is -4.06. The number of benzene rings is 3. The molecule has 3 aromatic carbocycles. The topological polar surface area (TPSA) is 65.0 Å². The van der Waals surface area contributed by atoms with Gasteiger partial charge in [-0.1, -0.05) is 47.5 Å². The maximum Gasteiger partial charge on any atom is 0.339 e. The second-order valence-corrected chi connectivity index (χ2v) is 8.38. The molecule has 3 rings (SSSR count). The van der Waals surface area contributed by atoms with Gasteiger partial charge in [0.25, 0.3) is 0 Å². The fourth-order valence-electron chi connectivity index (χ4n) is 2.61. The molecule has 150 valence electrons. The van der Waals surface area contributed by atoms with Crippen LogP contribution in [0.25, 0.3) is 0 Å². The monoisotopic (exact) mass is 429 g/mol. The second-order valence-electron chi connectivity index (χ2n) is 6.43. The first kappa shape index (κ1) is 20.9. The number of aliphatic imine (C=N–C) groups is 1. The summed E-state index contributed by atoms with van der Waals surface area (Å²) < 4.78 is 35.8. The maximum atomic E-state index is 12.6. The molecule has 0 heterocycles. The molecule has 0 N–H and O–H groups in total. The van der Waals surface area contributed by atoms with Crippen LogP contribution in [0.15, 0.2) is 70.6 Å². The third-order valence-electron chi connectivity index (χ3n) is 4.22. The van der Waals surface area contributed by atoms with Gasteiger partial charge in [-0.25, -0.2) is 0 Å². The van der Waals surface area contributed by atoms with Crippen molar-refractivity contribution in [2.45, 2.75) is 18.7 Å². The molecule has 0 radical (unpaired) electrons. The Labute approximate surface area is 175 Å². The molecule has 0 aromatic heterocycles. The molecule has 29 heavy (non-hydrogen) atoms. The molecule has 0 aliphatic rings. The highest BCUT2D eigenvalue weighted by Crippen LogP contribution is 2.38. The Morgan fingerprint density at radius 2 is 1.69 bits per heavy atom. The summed E-state index contributed by atoms with van der Waals surface area (Å²) in [6.07, 6.45) is 1.63. The van der Waals surface area contributed by atoms with Gasteiger partial charge < -0.3 is 8.92 Å². The summed E-state index contributed by atoms with van der Waals surface area (Å²) in [6, 6.07) is 17.3. The number of hydrogen-bond donors (Lipinski definition) is 0. The van der Waals surface area contributed by atoms with Crippen molar-refractivity contribution in [3.8, 4) is 11.5 Å². The highest BCUT2D eigenvalue weighted by atomic mass is 35.5. The van der Waals surface area contributed by atoms with E-state index in [9.17, 15) is 8.42 Å². The lowest BCUT2D eigenvalue weighted by Crippen LogP contribution is -2.11. The average Bonchev–Trinajstić information content (AvgIpc) is 2.69. The van der Waals surface area contributed by atoms with E-state index < -0.39 is 10.1 Å². The zero-order valence-electron chi connectivity index (χ0n) is 16.2. The van der Waals surface area contributed by atoms with E-state index in [0.717, 1.165) is 16.8 Å². The van der Waals surface area contributed by atoms with Crippen molar-refractivity contribution in [2.24, 2.45) is 4.99 Å². The highest BCUT2D eigenvalue weighted by molar-refractivity contribution is 7.87. The van der Waals surface area contributed by atoms with Crippen LogP contribution in [0, 0.1) is 13.8 Å². The summed E-state index contributed by atoms with van der Waals surface area (Å²) in [4.78, 5) is 4.49. The van der Waals surface area contributed by atoms with E-state index in [1.165, 1.54) is 19.2 Å². The van der Waals surface area contributed by atoms with E-state index in [4.69, 9.17) is 20.5 Å². The molecular weight excluding hydrogens is 410 g/mol. The SMILES string of the molecule is COc1cc(C=Nc2ccccc2C)cc(Cl)c1OS(=O)(=O)c1ccc(C)cc1. The van der Waals surface area contributed by atoms with Crippen LogP contribution in [0.3, 0.4) is 0 Å². The van der Waals surface area contributed by atoms with Crippen molar-refractivity contribution in [1.82, 2.24) is 0 Å². The predicted octanol–water partition coefficient (Wildman–Crippen LogP) is 5.48. The lowest BCUT2D eigenvalue weighted by atomic mass is 10.2. The molecule has 0 atom stereocenters. The Bertz CT molecular complexity index is 1160. The Morgan fingerprint density at radius 1 is 1.00 bits per heavy atom. The van der Waals surface area contributed by atoms with Gasteiger partial charge in [0.2, 0.25) is 5.75 Å². The van der Waals surface area contributed by atoms with Crippen LogP contribution < -0.4 is 8.92 Å². The van der Waals surface area contributed by atoms with Crippen molar-refractivity contribution in [3.05, 3.63) is 82.4 Å². The minimum Gasteiger partial charge on any atom is -0.493 e. The van der Waals surface area contributed by atoms with E-state index in [1.54, 1.807) is 30.5 Å². The van der Waals surface area contributed by atoms with E-state index in [1.807, 2.05) is 38.1 Å². The van der Waals surface area contributed by atoms with Gasteiger partial charge in [-0.2, -0.15) is 8.42 Å². The summed E-state index contributed by atoms with van der Waals surface area (Å²) in [7, 11) is -2.64. The molecule has 0 aliphatic heterocycles. The molecule has 7 heteroatoms. The minimum absolute atomic E-state index is 0.0337. The maximum absolute atomic E-state index is 12.6. The van der Waals surface area contributed by atoms with E-state index >= 15 is 0 Å². The third-order valence-corrected chi connectivity index (χ3v) is 5.74. The fraction of sp³-hybridized carbons (Fsp3) is 0.136. The van der Waals surface area contributed by atoms with Crippen LogP contribution in [-0.4, -0.2) is 21.7 Å². The highest BCUT2D eigenvalue weighted by Gasteiger charge is 2.22. The average molecular weight is 430 g/mol. The molecule has 0 unspecified atom stereocenters. The van der Waals surface area contributed by atoms with Gasteiger partial charge in [0.05, 0.1) is 17.8 Å². The number of nitrogens with zero attached hydrogens (tertiary/aromatic N) is 1. The Balaban J connectivity index is 1.93. The van der Waals surface area contributed by atoms with Crippen LogP contribution in [0.1, 0.15) is 16.7 Å². The first-order valence-corrected chi connectivity index (χ1v) is 10.6. The van der Waals surface area contributed by atoms with Crippen LogP contribution in [-0.2, 0) is 10.1 Å². The normalized spacial score (nSPS) is 11.6. The number of para-hydroxylation sites is 1. The van der Waals surface area contributed by atoms with E-state index in [0.29, 0.717) is 5.56 Å². The van der Waals surface area contributed by atoms with Crippen LogP contribution in [0.5, 0.6) is 11.5 Å². The smallest absolute Gasteiger partial charge is 0.339 e.